The molecule has 1 aliphatic rings. The summed E-state index contributed by atoms with van der Waals surface area (Å²) >= 11 is 0. The van der Waals surface area contributed by atoms with E-state index in [0.717, 1.165) is 5.56 Å². The minimum absolute atomic E-state index is 0.0256. The number of aromatic nitrogens is 3. The van der Waals surface area contributed by atoms with Crippen molar-refractivity contribution in [3.63, 3.8) is 0 Å². The fourth-order valence-electron chi connectivity index (χ4n) is 3.07. The van der Waals surface area contributed by atoms with Gasteiger partial charge >= 0.3 is 5.97 Å². The Kier molecular flexibility index (Phi) is 4.59. The van der Waals surface area contributed by atoms with Crippen molar-refractivity contribution in [3.05, 3.63) is 48.0 Å². The molecule has 7 nitrogen and oxygen atoms in total. The van der Waals surface area contributed by atoms with Crippen LogP contribution in [-0.2, 0) is 28.0 Å². The third-order valence-corrected chi connectivity index (χ3v) is 4.32. The number of ether oxygens (including phenoxy) is 1. The maximum atomic E-state index is 12.6. The number of nitrogens with zero attached hydrogens (tertiary/aromatic N) is 4. The van der Waals surface area contributed by atoms with Gasteiger partial charge in [-0.2, -0.15) is 5.10 Å². The van der Waals surface area contributed by atoms with Crippen LogP contribution in [0.1, 0.15) is 30.1 Å². The Bertz CT molecular complexity index is 728. The second kappa shape index (κ2) is 6.82. The molecule has 2 aromatic rings. The average Bonchev–Trinajstić information content (AvgIpc) is 3.02. The zero-order chi connectivity index (χ0) is 17.1. The molecule has 0 aliphatic carbocycles. The zero-order valence-electron chi connectivity index (χ0n) is 13.8. The molecule has 0 radical (unpaired) electrons. The van der Waals surface area contributed by atoms with Crippen LogP contribution in [0.15, 0.2) is 36.8 Å². The van der Waals surface area contributed by atoms with Gasteiger partial charge in [0.2, 0.25) is 5.91 Å². The summed E-state index contributed by atoms with van der Waals surface area (Å²) in [5.41, 5.74) is 1.54. The number of hydrogen-bond donors (Lipinski definition) is 0. The summed E-state index contributed by atoms with van der Waals surface area (Å²) in [6, 6.07) is 5.12. The molecule has 0 N–H and O–H groups in total. The molecule has 0 bridgehead atoms. The van der Waals surface area contributed by atoms with E-state index in [1.165, 1.54) is 0 Å². The number of pyridine rings is 1. The Morgan fingerprint density at radius 2 is 2.21 bits per heavy atom. The summed E-state index contributed by atoms with van der Waals surface area (Å²) in [6.07, 6.45) is 6.01. The lowest BCUT2D eigenvalue weighted by Gasteiger charge is -2.37. The molecule has 7 heteroatoms. The standard InChI is InChI=1S/C17H20N4O3/c1-20-10-12(9-19-20)16-14(6-7-15(22)21(16)2)17(23)24-11-13-5-3-4-8-18-13/h3-5,8-10,14,16H,6-7,11H2,1-2H3. The lowest BCUT2D eigenvalue weighted by Crippen LogP contribution is -2.43. The number of amides is 1. The quantitative estimate of drug-likeness (QED) is 0.794. The fraction of sp³-hybridized carbons (Fsp3) is 0.412. The molecule has 126 valence electrons. The third kappa shape index (κ3) is 3.29. The average molecular weight is 328 g/mol. The van der Waals surface area contributed by atoms with Gasteiger partial charge in [-0.15, -0.1) is 0 Å². The maximum Gasteiger partial charge on any atom is 0.311 e. The van der Waals surface area contributed by atoms with Crippen LogP contribution in [0.3, 0.4) is 0 Å². The molecular weight excluding hydrogens is 308 g/mol. The summed E-state index contributed by atoms with van der Waals surface area (Å²) in [4.78, 5) is 30.4. The van der Waals surface area contributed by atoms with E-state index in [2.05, 4.69) is 10.1 Å². The lowest BCUT2D eigenvalue weighted by molar-refractivity contribution is -0.157. The predicted octanol–water partition coefficient (Wildman–Crippen LogP) is 1.47. The van der Waals surface area contributed by atoms with Gasteiger partial charge in [-0.1, -0.05) is 6.07 Å². The third-order valence-electron chi connectivity index (χ3n) is 4.32. The first-order chi connectivity index (χ1) is 11.6. The molecule has 3 rings (SSSR count). The van der Waals surface area contributed by atoms with Gasteiger partial charge < -0.3 is 9.64 Å². The number of rotatable bonds is 4. The largest absolute Gasteiger partial charge is 0.459 e. The van der Waals surface area contributed by atoms with E-state index in [-0.39, 0.29) is 24.5 Å². The van der Waals surface area contributed by atoms with Crippen LogP contribution in [0, 0.1) is 5.92 Å². The molecule has 1 saturated heterocycles. The topological polar surface area (TPSA) is 77.3 Å². The molecule has 2 unspecified atom stereocenters. The molecule has 0 aromatic carbocycles. The Balaban J connectivity index is 1.76. The molecule has 2 aromatic heterocycles. The van der Waals surface area contributed by atoms with Gasteiger partial charge in [0.25, 0.3) is 0 Å². The summed E-state index contributed by atoms with van der Waals surface area (Å²) in [6.45, 7) is 0.133. The van der Waals surface area contributed by atoms with E-state index in [9.17, 15) is 9.59 Å². The minimum atomic E-state index is -0.402. The van der Waals surface area contributed by atoms with E-state index < -0.39 is 5.92 Å². The van der Waals surface area contributed by atoms with Crippen molar-refractivity contribution in [2.45, 2.75) is 25.5 Å². The van der Waals surface area contributed by atoms with Gasteiger partial charge in [-0.25, -0.2) is 0 Å². The number of carbonyl (C=O) groups excluding carboxylic acids is 2. The molecule has 0 spiro atoms. The van der Waals surface area contributed by atoms with Gasteiger partial charge in [0.1, 0.15) is 6.61 Å². The normalized spacial score (nSPS) is 20.9. The van der Waals surface area contributed by atoms with E-state index >= 15 is 0 Å². The highest BCUT2D eigenvalue weighted by Crippen LogP contribution is 2.36. The Hall–Kier alpha value is -2.70. The number of hydrogen-bond acceptors (Lipinski definition) is 5. The van der Waals surface area contributed by atoms with Crippen molar-refractivity contribution in [2.24, 2.45) is 13.0 Å². The van der Waals surface area contributed by atoms with Gasteiger partial charge in [-0.3, -0.25) is 19.3 Å². The van der Waals surface area contributed by atoms with Crippen LogP contribution >= 0.6 is 0 Å². The van der Waals surface area contributed by atoms with Crippen molar-refractivity contribution in [1.29, 1.82) is 0 Å². The van der Waals surface area contributed by atoms with Gasteiger partial charge in [0.05, 0.1) is 23.9 Å². The van der Waals surface area contributed by atoms with Crippen molar-refractivity contribution < 1.29 is 14.3 Å². The zero-order valence-corrected chi connectivity index (χ0v) is 13.8. The first-order valence-electron chi connectivity index (χ1n) is 7.87. The monoisotopic (exact) mass is 328 g/mol. The Morgan fingerprint density at radius 3 is 2.88 bits per heavy atom. The summed E-state index contributed by atoms with van der Waals surface area (Å²) < 4.78 is 7.11. The highest BCUT2D eigenvalue weighted by molar-refractivity contribution is 5.82. The van der Waals surface area contributed by atoms with Crippen molar-refractivity contribution in [1.82, 2.24) is 19.7 Å². The van der Waals surface area contributed by atoms with Crippen LogP contribution in [-0.4, -0.2) is 38.6 Å². The van der Waals surface area contributed by atoms with Crippen LogP contribution in [0.2, 0.25) is 0 Å². The minimum Gasteiger partial charge on any atom is -0.459 e. The molecule has 1 aliphatic heterocycles. The number of carbonyl (C=O) groups is 2. The fourth-order valence-corrected chi connectivity index (χ4v) is 3.07. The van der Waals surface area contributed by atoms with Crippen LogP contribution in [0.4, 0.5) is 0 Å². The number of likely N-dealkylation sites (tertiary alicyclic amines) is 1. The van der Waals surface area contributed by atoms with Crippen molar-refractivity contribution >= 4 is 11.9 Å². The van der Waals surface area contributed by atoms with E-state index in [1.54, 1.807) is 29.0 Å². The molecule has 1 amide bonds. The first kappa shape index (κ1) is 16.2. The Labute approximate surface area is 140 Å². The predicted molar refractivity (Wildman–Crippen MR) is 85.5 cm³/mol. The second-order valence-corrected chi connectivity index (χ2v) is 5.97. The smallest absolute Gasteiger partial charge is 0.311 e. The summed E-state index contributed by atoms with van der Waals surface area (Å²) in [7, 11) is 3.53. The Morgan fingerprint density at radius 1 is 1.38 bits per heavy atom. The number of aryl methyl sites for hydroxylation is 1. The van der Waals surface area contributed by atoms with Crippen molar-refractivity contribution in [2.75, 3.05) is 7.05 Å². The summed E-state index contributed by atoms with van der Waals surface area (Å²) in [5, 5.41) is 4.16. The number of esters is 1. The molecular formula is C17H20N4O3. The van der Waals surface area contributed by atoms with Crippen LogP contribution in [0.25, 0.3) is 0 Å². The highest BCUT2D eigenvalue weighted by Gasteiger charge is 2.40. The number of piperidine rings is 1. The molecule has 0 saturated carbocycles. The molecule has 24 heavy (non-hydrogen) atoms. The van der Waals surface area contributed by atoms with Gasteiger partial charge in [0.15, 0.2) is 0 Å². The van der Waals surface area contributed by atoms with Crippen LogP contribution in [0.5, 0.6) is 0 Å². The maximum absolute atomic E-state index is 12.6. The van der Waals surface area contributed by atoms with E-state index in [4.69, 9.17) is 4.74 Å². The summed E-state index contributed by atoms with van der Waals surface area (Å²) in [5.74, 6) is -0.688. The molecule has 3 heterocycles. The lowest BCUT2D eigenvalue weighted by atomic mass is 9.86. The first-order valence-corrected chi connectivity index (χ1v) is 7.87. The second-order valence-electron chi connectivity index (χ2n) is 5.97. The molecule has 1 fully saturated rings. The van der Waals surface area contributed by atoms with Gasteiger partial charge in [0, 0.05) is 38.5 Å². The van der Waals surface area contributed by atoms with Crippen molar-refractivity contribution in [3.8, 4) is 0 Å². The SMILES string of the molecule is CN1C(=O)CCC(C(=O)OCc2ccccn2)C1c1cnn(C)c1. The van der Waals surface area contributed by atoms with Crippen LogP contribution < -0.4 is 0 Å². The van der Waals surface area contributed by atoms with E-state index in [1.807, 2.05) is 31.4 Å². The molecule has 2 atom stereocenters. The highest BCUT2D eigenvalue weighted by atomic mass is 16.5. The van der Waals surface area contributed by atoms with E-state index in [0.29, 0.717) is 18.5 Å². The van der Waals surface area contributed by atoms with Gasteiger partial charge in [-0.05, 0) is 18.6 Å².